The summed E-state index contributed by atoms with van der Waals surface area (Å²) in [6.45, 7) is 1.75. The SMILES string of the molecule is O=C(O)CC(=O)O.OCCN(CCO)CCO.[Cu+]. The molecule has 0 fully saturated rings. The Hall–Kier alpha value is -0.701. The monoisotopic (exact) mass is 316 g/mol. The second kappa shape index (κ2) is 16.3. The van der Waals surface area contributed by atoms with Crippen molar-refractivity contribution in [2.45, 2.75) is 6.42 Å². The predicted molar refractivity (Wildman–Crippen MR) is 57.6 cm³/mol. The van der Waals surface area contributed by atoms with Crippen LogP contribution in [-0.2, 0) is 26.7 Å². The Balaban J connectivity index is -0.000000251. The molecule has 112 valence electrons. The number of hydrogen-bond acceptors (Lipinski definition) is 6. The first-order valence-corrected chi connectivity index (χ1v) is 4.96. The average molecular weight is 317 g/mol. The maximum absolute atomic E-state index is 9.43. The van der Waals surface area contributed by atoms with E-state index in [9.17, 15) is 9.59 Å². The van der Waals surface area contributed by atoms with E-state index in [1.807, 2.05) is 0 Å². The molecule has 0 aromatic rings. The molecular weight excluding hydrogens is 298 g/mol. The van der Waals surface area contributed by atoms with E-state index in [1.165, 1.54) is 0 Å². The second-order valence-corrected chi connectivity index (χ2v) is 2.98. The van der Waals surface area contributed by atoms with E-state index in [-0.39, 0.29) is 36.9 Å². The topological polar surface area (TPSA) is 139 Å². The first-order chi connectivity index (χ1) is 7.97. The minimum atomic E-state index is -1.31. The average Bonchev–Trinajstić information content (AvgIpc) is 2.17. The number of hydrogen-bond donors (Lipinski definition) is 5. The summed E-state index contributed by atoms with van der Waals surface area (Å²) >= 11 is 0. The number of aliphatic hydroxyl groups excluding tert-OH is 3. The van der Waals surface area contributed by atoms with E-state index in [4.69, 9.17) is 25.5 Å². The summed E-state index contributed by atoms with van der Waals surface area (Å²) in [5, 5.41) is 40.9. The number of carboxylic acid groups (broad SMARTS) is 2. The molecule has 0 spiro atoms. The first-order valence-electron chi connectivity index (χ1n) is 4.96. The summed E-state index contributed by atoms with van der Waals surface area (Å²) in [5.41, 5.74) is 0. The standard InChI is InChI=1S/C6H15NO3.C3H4O4.Cu/c8-4-1-7(2-5-9)3-6-10;4-2(5)1-3(6)7;/h8-10H,1-6H2;1H2,(H,4,5)(H,6,7);/q;;+1. The summed E-state index contributed by atoms with van der Waals surface area (Å²) in [6, 6.07) is 0. The Labute approximate surface area is 115 Å². The van der Waals surface area contributed by atoms with Crippen molar-refractivity contribution in [2.75, 3.05) is 39.5 Å². The fourth-order valence-electron chi connectivity index (χ4n) is 0.889. The van der Waals surface area contributed by atoms with Crippen molar-refractivity contribution in [1.82, 2.24) is 4.90 Å². The van der Waals surface area contributed by atoms with Crippen LogP contribution >= 0.6 is 0 Å². The maximum Gasteiger partial charge on any atom is 1.00 e. The number of aliphatic carboxylic acids is 2. The number of rotatable bonds is 8. The van der Waals surface area contributed by atoms with Crippen LogP contribution in [0.1, 0.15) is 6.42 Å². The number of carboxylic acids is 2. The molecular formula is C9H19CuNO7+. The van der Waals surface area contributed by atoms with E-state index < -0.39 is 18.4 Å². The molecule has 0 saturated heterocycles. The third kappa shape index (κ3) is 20.7. The van der Waals surface area contributed by atoms with Crippen molar-refractivity contribution in [2.24, 2.45) is 0 Å². The van der Waals surface area contributed by atoms with Crippen molar-refractivity contribution < 1.29 is 52.2 Å². The molecule has 0 unspecified atom stereocenters. The summed E-state index contributed by atoms with van der Waals surface area (Å²) in [7, 11) is 0. The maximum atomic E-state index is 9.43. The van der Waals surface area contributed by atoms with Gasteiger partial charge >= 0.3 is 29.0 Å². The van der Waals surface area contributed by atoms with Crippen LogP contribution in [0, 0.1) is 0 Å². The van der Waals surface area contributed by atoms with E-state index in [2.05, 4.69) is 0 Å². The van der Waals surface area contributed by atoms with Gasteiger partial charge in [-0.15, -0.1) is 0 Å². The van der Waals surface area contributed by atoms with Gasteiger partial charge in [-0.1, -0.05) is 0 Å². The molecule has 5 N–H and O–H groups in total. The third-order valence-electron chi connectivity index (χ3n) is 1.55. The van der Waals surface area contributed by atoms with Crippen molar-refractivity contribution in [3.8, 4) is 0 Å². The molecule has 0 aromatic heterocycles. The zero-order chi connectivity index (χ0) is 13.7. The van der Waals surface area contributed by atoms with Gasteiger partial charge < -0.3 is 25.5 Å². The van der Waals surface area contributed by atoms with Gasteiger partial charge in [-0.2, -0.15) is 0 Å². The molecule has 0 aliphatic heterocycles. The van der Waals surface area contributed by atoms with Gasteiger partial charge in [0.25, 0.3) is 0 Å². The molecule has 0 radical (unpaired) electrons. The molecule has 18 heavy (non-hydrogen) atoms. The Morgan fingerprint density at radius 3 is 1.17 bits per heavy atom. The summed E-state index contributed by atoms with van der Waals surface area (Å²) in [5.74, 6) is -2.62. The molecule has 0 bridgehead atoms. The molecule has 0 rings (SSSR count). The van der Waals surface area contributed by atoms with Gasteiger partial charge in [0.05, 0.1) is 19.8 Å². The number of nitrogens with zero attached hydrogens (tertiary/aromatic N) is 1. The molecule has 9 heteroatoms. The number of aliphatic hydroxyl groups is 3. The fraction of sp³-hybridized carbons (Fsp3) is 0.778. The molecule has 0 amide bonds. The smallest absolute Gasteiger partial charge is 0.481 e. The zero-order valence-corrected chi connectivity index (χ0v) is 10.7. The van der Waals surface area contributed by atoms with Gasteiger partial charge in [0.2, 0.25) is 0 Å². The van der Waals surface area contributed by atoms with E-state index in [0.29, 0.717) is 19.6 Å². The van der Waals surface area contributed by atoms with Crippen LogP contribution in [0.25, 0.3) is 0 Å². The summed E-state index contributed by atoms with van der Waals surface area (Å²) < 4.78 is 0. The van der Waals surface area contributed by atoms with Crippen LogP contribution in [0.2, 0.25) is 0 Å². The van der Waals surface area contributed by atoms with Crippen molar-refractivity contribution in [1.29, 1.82) is 0 Å². The van der Waals surface area contributed by atoms with Gasteiger partial charge in [-0.05, 0) is 0 Å². The minimum Gasteiger partial charge on any atom is -0.481 e. The molecule has 0 aliphatic rings. The Bertz CT molecular complexity index is 189. The second-order valence-electron chi connectivity index (χ2n) is 2.98. The van der Waals surface area contributed by atoms with Crippen LogP contribution in [0.15, 0.2) is 0 Å². The van der Waals surface area contributed by atoms with Gasteiger partial charge in [0, 0.05) is 19.6 Å². The fourth-order valence-corrected chi connectivity index (χ4v) is 0.889. The van der Waals surface area contributed by atoms with Crippen LogP contribution in [0.3, 0.4) is 0 Å². The van der Waals surface area contributed by atoms with Gasteiger partial charge in [0.1, 0.15) is 6.42 Å². The van der Waals surface area contributed by atoms with Gasteiger partial charge in [-0.3, -0.25) is 14.5 Å². The zero-order valence-electron chi connectivity index (χ0n) is 9.75. The predicted octanol–water partition coefficient (Wildman–Crippen LogP) is -2.19. The van der Waals surface area contributed by atoms with Crippen LogP contribution in [-0.4, -0.2) is 81.8 Å². The minimum absolute atomic E-state index is 0. The summed E-state index contributed by atoms with van der Waals surface area (Å²) in [4.78, 5) is 20.6. The van der Waals surface area contributed by atoms with E-state index in [1.54, 1.807) is 4.90 Å². The third-order valence-corrected chi connectivity index (χ3v) is 1.55. The molecule has 0 atom stereocenters. The molecule has 0 aliphatic carbocycles. The van der Waals surface area contributed by atoms with E-state index >= 15 is 0 Å². The van der Waals surface area contributed by atoms with Crippen molar-refractivity contribution in [3.05, 3.63) is 0 Å². The Morgan fingerprint density at radius 1 is 0.778 bits per heavy atom. The molecule has 0 heterocycles. The van der Waals surface area contributed by atoms with Crippen LogP contribution in [0.5, 0.6) is 0 Å². The van der Waals surface area contributed by atoms with Crippen molar-refractivity contribution in [3.63, 3.8) is 0 Å². The van der Waals surface area contributed by atoms with E-state index in [0.717, 1.165) is 0 Å². The van der Waals surface area contributed by atoms with Crippen molar-refractivity contribution >= 4 is 11.9 Å². The summed E-state index contributed by atoms with van der Waals surface area (Å²) in [6.07, 6.45) is -0.806. The number of carbonyl (C=O) groups is 2. The first kappa shape index (κ1) is 22.5. The Kier molecular flexibility index (Phi) is 20.4. The Morgan fingerprint density at radius 2 is 1.06 bits per heavy atom. The van der Waals surface area contributed by atoms with Crippen LogP contribution < -0.4 is 0 Å². The normalized spacial score (nSPS) is 9.11. The molecule has 0 saturated carbocycles. The van der Waals surface area contributed by atoms with Crippen LogP contribution in [0.4, 0.5) is 0 Å². The molecule has 0 aromatic carbocycles. The quantitative estimate of drug-likeness (QED) is 0.251. The molecule has 8 nitrogen and oxygen atoms in total. The van der Waals surface area contributed by atoms with Gasteiger partial charge in [-0.25, -0.2) is 0 Å². The van der Waals surface area contributed by atoms with Gasteiger partial charge in [0.15, 0.2) is 0 Å². The largest absolute Gasteiger partial charge is 1.00 e.